The quantitative estimate of drug-likeness (QED) is 0.525. The molecule has 0 saturated heterocycles. The zero-order valence-electron chi connectivity index (χ0n) is 15.5. The Kier molecular flexibility index (Phi) is 4.56. The van der Waals surface area contributed by atoms with E-state index >= 15 is 0 Å². The lowest BCUT2D eigenvalue weighted by Gasteiger charge is -2.10. The normalized spacial score (nSPS) is 11.7. The van der Waals surface area contributed by atoms with Crippen LogP contribution in [-0.2, 0) is 10.0 Å². The van der Waals surface area contributed by atoms with Crippen molar-refractivity contribution in [3.8, 4) is 16.6 Å². The van der Waals surface area contributed by atoms with Crippen molar-refractivity contribution in [2.45, 2.75) is 25.7 Å². The first-order valence-corrected chi connectivity index (χ1v) is 10.9. The van der Waals surface area contributed by atoms with Gasteiger partial charge in [0.25, 0.3) is 10.0 Å². The van der Waals surface area contributed by atoms with Gasteiger partial charge in [-0.3, -0.25) is 4.72 Å². The molecule has 9 heteroatoms. The summed E-state index contributed by atoms with van der Waals surface area (Å²) in [5.74, 6) is 0.972. The molecule has 0 bridgehead atoms. The molecule has 0 aliphatic rings. The molecule has 0 aliphatic heterocycles. The standard InChI is InChI=1S/C19H18N4O3S2/c1-12-6-7-15(9-13(12)2)28(24,25)22-18-10-14(3)21-23(18)19-20-16(11-27-19)17-5-4-8-26-17/h4-11,22H,1-3H3. The summed E-state index contributed by atoms with van der Waals surface area (Å²) in [6, 6.07) is 10.3. The van der Waals surface area contributed by atoms with Crippen molar-refractivity contribution in [1.82, 2.24) is 14.8 Å². The minimum Gasteiger partial charge on any atom is -0.463 e. The fourth-order valence-corrected chi connectivity index (χ4v) is 4.59. The van der Waals surface area contributed by atoms with Gasteiger partial charge in [-0.1, -0.05) is 6.07 Å². The van der Waals surface area contributed by atoms with Crippen LogP contribution in [0, 0.1) is 20.8 Å². The minimum absolute atomic E-state index is 0.205. The van der Waals surface area contributed by atoms with E-state index < -0.39 is 10.0 Å². The van der Waals surface area contributed by atoms with E-state index in [2.05, 4.69) is 14.8 Å². The third kappa shape index (κ3) is 3.46. The maximum absolute atomic E-state index is 12.9. The van der Waals surface area contributed by atoms with Gasteiger partial charge in [-0.05, 0) is 56.2 Å². The lowest BCUT2D eigenvalue weighted by Crippen LogP contribution is -2.16. The summed E-state index contributed by atoms with van der Waals surface area (Å²) in [5, 5.41) is 6.77. The van der Waals surface area contributed by atoms with Crippen LogP contribution in [-0.4, -0.2) is 23.2 Å². The zero-order valence-corrected chi connectivity index (χ0v) is 17.1. The van der Waals surface area contributed by atoms with Gasteiger partial charge in [0.1, 0.15) is 11.5 Å². The molecule has 0 aliphatic carbocycles. The van der Waals surface area contributed by atoms with Crippen LogP contribution in [0.1, 0.15) is 16.8 Å². The molecule has 1 aromatic carbocycles. The molecule has 28 heavy (non-hydrogen) atoms. The number of anilines is 1. The number of hydrogen-bond acceptors (Lipinski definition) is 6. The van der Waals surface area contributed by atoms with Crippen LogP contribution < -0.4 is 4.72 Å². The van der Waals surface area contributed by atoms with Gasteiger partial charge < -0.3 is 4.42 Å². The van der Waals surface area contributed by atoms with Crippen molar-refractivity contribution >= 4 is 27.2 Å². The molecule has 0 atom stereocenters. The number of nitrogens with zero attached hydrogens (tertiary/aromatic N) is 3. The first-order chi connectivity index (χ1) is 13.3. The van der Waals surface area contributed by atoms with Crippen molar-refractivity contribution in [3.05, 3.63) is 64.9 Å². The fraction of sp³-hybridized carbons (Fsp3) is 0.158. The van der Waals surface area contributed by atoms with Crippen molar-refractivity contribution < 1.29 is 12.8 Å². The van der Waals surface area contributed by atoms with Crippen LogP contribution >= 0.6 is 11.3 Å². The third-order valence-corrected chi connectivity index (χ3v) is 6.47. The highest BCUT2D eigenvalue weighted by atomic mass is 32.2. The highest BCUT2D eigenvalue weighted by molar-refractivity contribution is 7.92. The van der Waals surface area contributed by atoms with Crippen LogP contribution in [0.2, 0.25) is 0 Å². The predicted molar refractivity (Wildman–Crippen MR) is 108 cm³/mol. The highest BCUT2D eigenvalue weighted by Gasteiger charge is 2.20. The highest BCUT2D eigenvalue weighted by Crippen LogP contribution is 2.27. The van der Waals surface area contributed by atoms with Crippen LogP contribution in [0.15, 0.2) is 57.4 Å². The number of nitrogens with one attached hydrogen (secondary N) is 1. The summed E-state index contributed by atoms with van der Waals surface area (Å²) < 4.78 is 35.2. The molecular weight excluding hydrogens is 396 g/mol. The van der Waals surface area contributed by atoms with Gasteiger partial charge in [0.05, 0.1) is 16.9 Å². The van der Waals surface area contributed by atoms with Crippen molar-refractivity contribution in [1.29, 1.82) is 0 Å². The first-order valence-electron chi connectivity index (χ1n) is 8.50. The second kappa shape index (κ2) is 6.92. The second-order valence-electron chi connectivity index (χ2n) is 6.43. The Morgan fingerprint density at radius 1 is 1.11 bits per heavy atom. The smallest absolute Gasteiger partial charge is 0.263 e. The summed E-state index contributed by atoms with van der Waals surface area (Å²) in [6.07, 6.45) is 1.58. The number of sulfonamides is 1. The van der Waals surface area contributed by atoms with Crippen molar-refractivity contribution in [2.24, 2.45) is 0 Å². The third-order valence-electron chi connectivity index (χ3n) is 4.31. The maximum Gasteiger partial charge on any atom is 0.263 e. The lowest BCUT2D eigenvalue weighted by molar-refractivity contribution is 0.580. The molecular formula is C19H18N4O3S2. The average molecular weight is 415 g/mol. The first kappa shape index (κ1) is 18.5. The number of hydrogen-bond donors (Lipinski definition) is 1. The molecule has 0 radical (unpaired) electrons. The van der Waals surface area contributed by atoms with E-state index in [-0.39, 0.29) is 4.90 Å². The molecule has 0 amide bonds. The molecule has 4 rings (SSSR count). The number of rotatable bonds is 5. The van der Waals surface area contributed by atoms with Gasteiger partial charge in [-0.2, -0.15) is 9.78 Å². The van der Waals surface area contributed by atoms with E-state index in [1.807, 2.05) is 25.3 Å². The number of thiazole rings is 1. The number of furan rings is 1. The molecule has 4 aromatic rings. The molecule has 144 valence electrons. The van der Waals surface area contributed by atoms with Crippen LogP contribution in [0.3, 0.4) is 0 Å². The number of aromatic nitrogens is 3. The van der Waals surface area contributed by atoms with E-state index in [0.717, 1.165) is 11.1 Å². The van der Waals surface area contributed by atoms with Gasteiger partial charge in [-0.15, -0.1) is 11.3 Å². The van der Waals surface area contributed by atoms with Gasteiger partial charge in [0, 0.05) is 11.4 Å². The summed E-state index contributed by atoms with van der Waals surface area (Å²) in [6.45, 7) is 5.62. The Bertz CT molecular complexity index is 1240. The van der Waals surface area contributed by atoms with Crippen molar-refractivity contribution in [2.75, 3.05) is 4.72 Å². The number of benzene rings is 1. The molecule has 7 nitrogen and oxygen atoms in total. The summed E-state index contributed by atoms with van der Waals surface area (Å²) in [4.78, 5) is 4.72. The Labute approximate surface area is 166 Å². The maximum atomic E-state index is 12.9. The Balaban J connectivity index is 1.69. The van der Waals surface area contributed by atoms with E-state index in [1.165, 1.54) is 16.0 Å². The topological polar surface area (TPSA) is 90.0 Å². The fourth-order valence-electron chi connectivity index (χ4n) is 2.69. The Hall–Kier alpha value is -2.91. The van der Waals surface area contributed by atoms with Gasteiger partial charge in [0.2, 0.25) is 5.13 Å². The van der Waals surface area contributed by atoms with E-state index in [0.29, 0.717) is 28.1 Å². The molecule has 1 N–H and O–H groups in total. The Morgan fingerprint density at radius 2 is 1.93 bits per heavy atom. The molecule has 3 heterocycles. The SMILES string of the molecule is Cc1cc(NS(=O)(=O)c2ccc(C)c(C)c2)n(-c2nc(-c3ccco3)cs2)n1. The van der Waals surface area contributed by atoms with E-state index in [1.54, 1.807) is 43.5 Å². The summed E-state index contributed by atoms with van der Waals surface area (Å²) >= 11 is 1.35. The number of aryl methyl sites for hydroxylation is 3. The summed E-state index contributed by atoms with van der Waals surface area (Å²) in [7, 11) is -3.76. The molecule has 0 saturated carbocycles. The average Bonchev–Trinajstić information content (AvgIpc) is 3.37. The van der Waals surface area contributed by atoms with Crippen LogP contribution in [0.25, 0.3) is 16.6 Å². The lowest BCUT2D eigenvalue weighted by atomic mass is 10.1. The summed E-state index contributed by atoms with van der Waals surface area (Å²) in [5.41, 5.74) is 3.29. The Morgan fingerprint density at radius 3 is 2.64 bits per heavy atom. The zero-order chi connectivity index (χ0) is 19.9. The van der Waals surface area contributed by atoms with Crippen molar-refractivity contribution in [3.63, 3.8) is 0 Å². The predicted octanol–water partition coefficient (Wildman–Crippen LogP) is 4.31. The molecule has 0 unspecified atom stereocenters. The minimum atomic E-state index is -3.76. The molecule has 3 aromatic heterocycles. The molecule has 0 spiro atoms. The monoisotopic (exact) mass is 414 g/mol. The van der Waals surface area contributed by atoms with Gasteiger partial charge in [-0.25, -0.2) is 13.4 Å². The van der Waals surface area contributed by atoms with Crippen LogP contribution in [0.4, 0.5) is 5.82 Å². The largest absolute Gasteiger partial charge is 0.463 e. The van der Waals surface area contributed by atoms with Crippen LogP contribution in [0.5, 0.6) is 0 Å². The van der Waals surface area contributed by atoms with Gasteiger partial charge >= 0.3 is 0 Å². The van der Waals surface area contributed by atoms with E-state index in [4.69, 9.17) is 4.42 Å². The second-order valence-corrected chi connectivity index (χ2v) is 8.95. The van der Waals surface area contributed by atoms with Gasteiger partial charge in [0.15, 0.2) is 5.76 Å². The molecule has 0 fully saturated rings. The van der Waals surface area contributed by atoms with E-state index in [9.17, 15) is 8.42 Å².